The summed E-state index contributed by atoms with van der Waals surface area (Å²) in [6.07, 6.45) is 7.84. The van der Waals surface area contributed by atoms with Gasteiger partial charge in [-0.15, -0.1) is 0 Å². The van der Waals surface area contributed by atoms with Gasteiger partial charge in [-0.1, -0.05) is 19.3 Å². The number of hydrogen-bond acceptors (Lipinski definition) is 4. The van der Waals surface area contributed by atoms with Crippen molar-refractivity contribution >= 4 is 10.0 Å². The Balaban J connectivity index is 1.52. The van der Waals surface area contributed by atoms with E-state index in [2.05, 4.69) is 0 Å². The van der Waals surface area contributed by atoms with Crippen LogP contribution in [0.3, 0.4) is 0 Å². The highest BCUT2D eigenvalue weighted by molar-refractivity contribution is 7.89. The number of halogens is 1. The third-order valence-electron chi connectivity index (χ3n) is 6.31. The van der Waals surface area contributed by atoms with Crippen LogP contribution in [0.15, 0.2) is 23.1 Å². The standard InChI is InChI=1S/C20H28FNO4S/c21-18-13-17(5-6-19(18)26-15-16-7-12-25-14-16)27(23,24)22-11-4-10-20(22)8-2-1-3-9-20/h5-6,13,16H,1-4,7-12,14-15H2. The molecule has 0 N–H and O–H groups in total. The Morgan fingerprint density at radius 3 is 2.67 bits per heavy atom. The normalized spacial score (nSPS) is 25.9. The van der Waals surface area contributed by atoms with Crippen molar-refractivity contribution in [2.75, 3.05) is 26.4 Å². The summed E-state index contributed by atoms with van der Waals surface area (Å²) in [6.45, 7) is 2.26. The first-order chi connectivity index (χ1) is 13.0. The van der Waals surface area contributed by atoms with Gasteiger partial charge in [-0.2, -0.15) is 4.31 Å². The fourth-order valence-corrected chi connectivity index (χ4v) is 6.71. The lowest BCUT2D eigenvalue weighted by Gasteiger charge is -2.40. The maximum atomic E-state index is 14.5. The van der Waals surface area contributed by atoms with Gasteiger partial charge >= 0.3 is 0 Å². The molecule has 4 rings (SSSR count). The van der Waals surface area contributed by atoms with Crippen LogP contribution in [-0.4, -0.2) is 44.6 Å². The van der Waals surface area contributed by atoms with Gasteiger partial charge in [-0.25, -0.2) is 12.8 Å². The van der Waals surface area contributed by atoms with E-state index >= 15 is 0 Å². The highest BCUT2D eigenvalue weighted by atomic mass is 32.2. The summed E-state index contributed by atoms with van der Waals surface area (Å²) in [5.41, 5.74) is -0.259. The van der Waals surface area contributed by atoms with Crippen LogP contribution < -0.4 is 4.74 Å². The molecule has 0 radical (unpaired) electrons. The SMILES string of the molecule is O=S(=O)(c1ccc(OCC2CCOC2)c(F)c1)N1CCCC12CCCCC2. The Hall–Kier alpha value is -1.18. The Morgan fingerprint density at radius 2 is 1.96 bits per heavy atom. The minimum atomic E-state index is -3.70. The Labute approximate surface area is 160 Å². The lowest BCUT2D eigenvalue weighted by atomic mass is 9.81. The number of sulfonamides is 1. The van der Waals surface area contributed by atoms with E-state index in [0.717, 1.165) is 51.0 Å². The molecule has 1 atom stereocenters. The highest BCUT2D eigenvalue weighted by Gasteiger charge is 2.47. The molecule has 3 fully saturated rings. The van der Waals surface area contributed by atoms with Crippen LogP contribution in [0, 0.1) is 11.7 Å². The molecule has 0 bridgehead atoms. The molecule has 2 aliphatic heterocycles. The van der Waals surface area contributed by atoms with E-state index < -0.39 is 15.8 Å². The molecular weight excluding hydrogens is 369 g/mol. The minimum Gasteiger partial charge on any atom is -0.490 e. The van der Waals surface area contributed by atoms with Crippen molar-refractivity contribution in [1.29, 1.82) is 0 Å². The molecule has 1 aromatic carbocycles. The Kier molecular flexibility index (Phi) is 5.45. The molecular formula is C20H28FNO4S. The van der Waals surface area contributed by atoms with Gasteiger partial charge in [0.25, 0.3) is 0 Å². The molecule has 1 aromatic rings. The van der Waals surface area contributed by atoms with Gasteiger partial charge in [0.2, 0.25) is 10.0 Å². The van der Waals surface area contributed by atoms with E-state index in [1.165, 1.54) is 18.6 Å². The van der Waals surface area contributed by atoms with Gasteiger partial charge in [0, 0.05) is 24.6 Å². The van der Waals surface area contributed by atoms with E-state index in [4.69, 9.17) is 9.47 Å². The molecule has 2 saturated heterocycles. The quantitative estimate of drug-likeness (QED) is 0.760. The van der Waals surface area contributed by atoms with E-state index in [9.17, 15) is 12.8 Å². The van der Waals surface area contributed by atoms with Crippen molar-refractivity contribution in [1.82, 2.24) is 4.31 Å². The summed E-state index contributed by atoms with van der Waals surface area (Å²) in [6, 6.07) is 4.04. The lowest BCUT2D eigenvalue weighted by molar-refractivity contribution is 0.165. The molecule has 2 heterocycles. The number of nitrogens with zero attached hydrogens (tertiary/aromatic N) is 1. The van der Waals surface area contributed by atoms with Crippen LogP contribution >= 0.6 is 0 Å². The maximum absolute atomic E-state index is 14.5. The smallest absolute Gasteiger partial charge is 0.243 e. The van der Waals surface area contributed by atoms with Gasteiger partial charge in [0.15, 0.2) is 11.6 Å². The molecule has 0 aromatic heterocycles. The fraction of sp³-hybridized carbons (Fsp3) is 0.700. The molecule has 0 amide bonds. The third kappa shape index (κ3) is 3.74. The number of hydrogen-bond donors (Lipinski definition) is 0. The average molecular weight is 398 g/mol. The first-order valence-corrected chi connectivity index (χ1v) is 11.5. The summed E-state index contributed by atoms with van der Waals surface area (Å²) >= 11 is 0. The second kappa shape index (κ2) is 7.68. The molecule has 150 valence electrons. The summed E-state index contributed by atoms with van der Waals surface area (Å²) in [4.78, 5) is 0.0309. The zero-order valence-electron chi connectivity index (χ0n) is 15.7. The predicted octanol–water partition coefficient (Wildman–Crippen LogP) is 3.73. The molecule has 7 heteroatoms. The van der Waals surface area contributed by atoms with Crippen molar-refractivity contribution in [2.24, 2.45) is 5.92 Å². The number of ether oxygens (including phenoxy) is 2. The van der Waals surface area contributed by atoms with Gasteiger partial charge in [-0.3, -0.25) is 0 Å². The van der Waals surface area contributed by atoms with Crippen LogP contribution in [0.1, 0.15) is 51.4 Å². The summed E-state index contributed by atoms with van der Waals surface area (Å²) in [7, 11) is -3.70. The lowest BCUT2D eigenvalue weighted by Crippen LogP contribution is -2.48. The van der Waals surface area contributed by atoms with E-state index in [1.807, 2.05) is 0 Å². The van der Waals surface area contributed by atoms with Crippen molar-refractivity contribution in [3.8, 4) is 5.75 Å². The maximum Gasteiger partial charge on any atom is 0.243 e. The second-order valence-electron chi connectivity index (χ2n) is 8.10. The van der Waals surface area contributed by atoms with Crippen molar-refractivity contribution in [2.45, 2.75) is 61.8 Å². The average Bonchev–Trinajstić information content (AvgIpc) is 3.32. The fourth-order valence-electron chi connectivity index (χ4n) is 4.81. The van der Waals surface area contributed by atoms with Crippen LogP contribution in [0.2, 0.25) is 0 Å². The zero-order valence-corrected chi connectivity index (χ0v) is 16.5. The Bertz CT molecular complexity index is 770. The van der Waals surface area contributed by atoms with Gasteiger partial charge in [-0.05, 0) is 50.3 Å². The number of rotatable bonds is 5. The highest BCUT2D eigenvalue weighted by Crippen LogP contribution is 2.44. The van der Waals surface area contributed by atoms with Crippen molar-refractivity contribution in [3.05, 3.63) is 24.0 Å². The van der Waals surface area contributed by atoms with E-state index in [-0.39, 0.29) is 22.1 Å². The van der Waals surface area contributed by atoms with E-state index in [1.54, 1.807) is 4.31 Å². The van der Waals surface area contributed by atoms with Crippen LogP contribution in [0.5, 0.6) is 5.75 Å². The molecule has 3 aliphatic rings. The first kappa shape index (κ1) is 19.2. The van der Waals surface area contributed by atoms with Crippen LogP contribution in [0.4, 0.5) is 4.39 Å². The van der Waals surface area contributed by atoms with Crippen molar-refractivity contribution < 1.29 is 22.3 Å². The third-order valence-corrected chi connectivity index (χ3v) is 8.31. The molecule has 5 nitrogen and oxygen atoms in total. The van der Waals surface area contributed by atoms with Gasteiger partial charge in [0.05, 0.1) is 18.1 Å². The van der Waals surface area contributed by atoms with Gasteiger partial charge < -0.3 is 9.47 Å². The molecule has 1 saturated carbocycles. The Morgan fingerprint density at radius 1 is 1.19 bits per heavy atom. The van der Waals surface area contributed by atoms with Gasteiger partial charge in [0.1, 0.15) is 0 Å². The van der Waals surface area contributed by atoms with Crippen LogP contribution in [0.25, 0.3) is 0 Å². The molecule has 1 aliphatic carbocycles. The topological polar surface area (TPSA) is 55.8 Å². The van der Waals surface area contributed by atoms with Crippen LogP contribution in [-0.2, 0) is 14.8 Å². The monoisotopic (exact) mass is 397 g/mol. The molecule has 1 spiro atoms. The summed E-state index contributed by atoms with van der Waals surface area (Å²) in [5, 5.41) is 0. The predicted molar refractivity (Wildman–Crippen MR) is 99.8 cm³/mol. The second-order valence-corrected chi connectivity index (χ2v) is 9.96. The summed E-state index contributed by atoms with van der Waals surface area (Å²) in [5.74, 6) is -0.245. The number of benzene rings is 1. The molecule has 27 heavy (non-hydrogen) atoms. The van der Waals surface area contributed by atoms with E-state index in [0.29, 0.717) is 26.4 Å². The largest absolute Gasteiger partial charge is 0.490 e. The zero-order chi connectivity index (χ0) is 18.9. The minimum absolute atomic E-state index is 0.0309. The first-order valence-electron chi connectivity index (χ1n) is 10.0. The molecule has 1 unspecified atom stereocenters. The summed E-state index contributed by atoms with van der Waals surface area (Å²) < 4.78 is 53.5. The van der Waals surface area contributed by atoms with Crippen molar-refractivity contribution in [3.63, 3.8) is 0 Å².